The van der Waals surface area contributed by atoms with Gasteiger partial charge in [-0.1, -0.05) is 24.3 Å². The summed E-state index contributed by atoms with van der Waals surface area (Å²) in [5.74, 6) is 1.66. The number of amides is 1. The summed E-state index contributed by atoms with van der Waals surface area (Å²) in [6.07, 6.45) is 1.19. The summed E-state index contributed by atoms with van der Waals surface area (Å²) in [6, 6.07) is 12.0. The van der Waals surface area contributed by atoms with Gasteiger partial charge in [0, 0.05) is 24.7 Å². The standard InChI is InChI=1S/C18H20N2O2/c1-12-4-2-3-5-14(12)16-6-7-17(22-16)18(21)19-15-11-20-9-8-13(15)10-20/h2-7,13,15H,8-11H2,1H3,(H,19,21)/t13-,15?/m0/s1. The maximum Gasteiger partial charge on any atom is 0.287 e. The molecule has 3 heterocycles. The number of nitrogens with zero attached hydrogens (tertiary/aromatic N) is 1. The Bertz CT molecular complexity index is 707. The number of benzene rings is 1. The monoisotopic (exact) mass is 296 g/mol. The van der Waals surface area contributed by atoms with E-state index in [1.807, 2.05) is 37.3 Å². The van der Waals surface area contributed by atoms with Crippen molar-refractivity contribution in [2.75, 3.05) is 19.6 Å². The number of aryl methyl sites for hydroxylation is 1. The quantitative estimate of drug-likeness (QED) is 0.947. The molecule has 114 valence electrons. The third kappa shape index (κ3) is 2.33. The van der Waals surface area contributed by atoms with Crippen molar-refractivity contribution in [3.63, 3.8) is 0 Å². The highest BCUT2D eigenvalue weighted by Crippen LogP contribution is 2.29. The SMILES string of the molecule is Cc1ccccc1-c1ccc(C(=O)NC2CN3CC[C@H]2C3)o1. The van der Waals surface area contributed by atoms with Gasteiger partial charge in [-0.25, -0.2) is 0 Å². The predicted molar refractivity (Wildman–Crippen MR) is 84.7 cm³/mol. The number of carbonyl (C=O) groups is 1. The minimum absolute atomic E-state index is 0.0985. The molecule has 2 fully saturated rings. The molecule has 4 heteroatoms. The normalized spacial score (nSPS) is 26.3. The van der Waals surface area contributed by atoms with E-state index >= 15 is 0 Å². The van der Waals surface area contributed by atoms with E-state index < -0.39 is 0 Å². The van der Waals surface area contributed by atoms with Crippen molar-refractivity contribution in [2.45, 2.75) is 19.4 Å². The van der Waals surface area contributed by atoms with Crippen molar-refractivity contribution in [3.05, 3.63) is 47.7 Å². The second kappa shape index (κ2) is 5.29. The Hall–Kier alpha value is -2.07. The molecule has 2 saturated heterocycles. The predicted octanol–water partition coefficient (Wildman–Crippen LogP) is 2.69. The number of nitrogens with one attached hydrogen (secondary N) is 1. The van der Waals surface area contributed by atoms with Gasteiger partial charge < -0.3 is 14.6 Å². The van der Waals surface area contributed by atoms with Gasteiger partial charge in [-0.05, 0) is 43.5 Å². The van der Waals surface area contributed by atoms with Crippen molar-refractivity contribution in [1.29, 1.82) is 0 Å². The highest BCUT2D eigenvalue weighted by atomic mass is 16.3. The van der Waals surface area contributed by atoms with Crippen LogP contribution in [-0.2, 0) is 0 Å². The summed E-state index contributed by atoms with van der Waals surface area (Å²) in [7, 11) is 0. The average Bonchev–Trinajstić information content (AvgIpc) is 3.24. The van der Waals surface area contributed by atoms with Crippen molar-refractivity contribution in [1.82, 2.24) is 10.2 Å². The van der Waals surface area contributed by atoms with Gasteiger partial charge in [0.05, 0.1) is 0 Å². The van der Waals surface area contributed by atoms with Gasteiger partial charge in [-0.15, -0.1) is 0 Å². The van der Waals surface area contributed by atoms with E-state index in [1.54, 1.807) is 6.07 Å². The first-order chi connectivity index (χ1) is 10.7. The van der Waals surface area contributed by atoms with E-state index in [9.17, 15) is 4.79 Å². The van der Waals surface area contributed by atoms with Crippen molar-refractivity contribution in [3.8, 4) is 11.3 Å². The molecule has 1 amide bonds. The smallest absolute Gasteiger partial charge is 0.287 e. The molecule has 1 N–H and O–H groups in total. The van der Waals surface area contributed by atoms with Gasteiger partial charge in [0.25, 0.3) is 5.91 Å². The van der Waals surface area contributed by atoms with Crippen molar-refractivity contribution >= 4 is 5.91 Å². The zero-order valence-corrected chi connectivity index (χ0v) is 12.7. The van der Waals surface area contributed by atoms with Crippen LogP contribution in [0, 0.1) is 12.8 Å². The molecule has 0 aliphatic carbocycles. The summed E-state index contributed by atoms with van der Waals surface area (Å²) in [5, 5.41) is 3.13. The van der Waals surface area contributed by atoms with Crippen LogP contribution in [0.15, 0.2) is 40.8 Å². The number of hydrogen-bond acceptors (Lipinski definition) is 3. The van der Waals surface area contributed by atoms with Crippen molar-refractivity contribution in [2.24, 2.45) is 5.92 Å². The second-order valence-electron chi connectivity index (χ2n) is 6.37. The lowest BCUT2D eigenvalue weighted by Crippen LogP contribution is -2.43. The molecule has 0 saturated carbocycles. The zero-order chi connectivity index (χ0) is 15.1. The molecule has 2 aromatic rings. The Kier molecular flexibility index (Phi) is 3.26. The van der Waals surface area contributed by atoms with Gasteiger partial charge in [0.15, 0.2) is 5.76 Å². The van der Waals surface area contributed by atoms with Gasteiger partial charge in [0.2, 0.25) is 0 Å². The van der Waals surface area contributed by atoms with Gasteiger partial charge >= 0.3 is 0 Å². The van der Waals surface area contributed by atoms with E-state index in [0.29, 0.717) is 11.7 Å². The maximum absolute atomic E-state index is 12.4. The number of furan rings is 1. The molecule has 2 bridgehead atoms. The lowest BCUT2D eigenvalue weighted by atomic mass is 10.00. The number of hydrogen-bond donors (Lipinski definition) is 1. The topological polar surface area (TPSA) is 45.5 Å². The average molecular weight is 296 g/mol. The van der Waals surface area contributed by atoms with Crippen LogP contribution < -0.4 is 5.32 Å². The minimum Gasteiger partial charge on any atom is -0.451 e. The van der Waals surface area contributed by atoms with Gasteiger partial charge in [-0.2, -0.15) is 0 Å². The molecule has 1 aromatic heterocycles. The minimum atomic E-state index is -0.0985. The van der Waals surface area contributed by atoms with Crippen LogP contribution in [0.2, 0.25) is 0 Å². The molecule has 1 aromatic carbocycles. The molecular weight excluding hydrogens is 276 g/mol. The molecule has 2 aliphatic rings. The molecule has 0 spiro atoms. The Balaban J connectivity index is 1.49. The van der Waals surface area contributed by atoms with Crippen LogP contribution in [0.5, 0.6) is 0 Å². The van der Waals surface area contributed by atoms with E-state index in [4.69, 9.17) is 4.42 Å². The fourth-order valence-corrected chi connectivity index (χ4v) is 3.64. The van der Waals surface area contributed by atoms with Crippen molar-refractivity contribution < 1.29 is 9.21 Å². The number of carbonyl (C=O) groups excluding carboxylic acids is 1. The highest BCUT2D eigenvalue weighted by molar-refractivity contribution is 5.92. The van der Waals surface area contributed by atoms with E-state index in [2.05, 4.69) is 10.2 Å². The van der Waals surface area contributed by atoms with E-state index in [1.165, 1.54) is 13.0 Å². The summed E-state index contributed by atoms with van der Waals surface area (Å²) in [4.78, 5) is 14.8. The number of piperidine rings is 1. The first-order valence-corrected chi connectivity index (χ1v) is 7.90. The fraction of sp³-hybridized carbons (Fsp3) is 0.389. The van der Waals surface area contributed by atoms with E-state index in [-0.39, 0.29) is 11.9 Å². The largest absolute Gasteiger partial charge is 0.451 e. The van der Waals surface area contributed by atoms with Crippen LogP contribution in [0.3, 0.4) is 0 Å². The zero-order valence-electron chi connectivity index (χ0n) is 12.7. The summed E-state index contributed by atoms with van der Waals surface area (Å²) in [6.45, 7) is 5.32. The van der Waals surface area contributed by atoms with Crippen LogP contribution in [-0.4, -0.2) is 36.5 Å². The Labute approximate surface area is 130 Å². The third-order valence-electron chi connectivity index (χ3n) is 4.89. The molecule has 3 atom stereocenters. The number of fused-ring (bicyclic) bond motifs is 2. The number of rotatable bonds is 3. The first kappa shape index (κ1) is 13.6. The molecule has 2 unspecified atom stereocenters. The second-order valence-corrected chi connectivity index (χ2v) is 6.37. The highest BCUT2D eigenvalue weighted by Gasteiger charge is 2.38. The lowest BCUT2D eigenvalue weighted by Gasteiger charge is -2.22. The fourth-order valence-electron chi connectivity index (χ4n) is 3.64. The Morgan fingerprint density at radius 1 is 1.23 bits per heavy atom. The van der Waals surface area contributed by atoms with E-state index in [0.717, 1.165) is 30.0 Å². The summed E-state index contributed by atoms with van der Waals surface area (Å²) >= 11 is 0. The third-order valence-corrected chi connectivity index (χ3v) is 4.89. The van der Waals surface area contributed by atoms with Gasteiger partial charge in [0.1, 0.15) is 5.76 Å². The molecule has 4 rings (SSSR count). The lowest BCUT2D eigenvalue weighted by molar-refractivity contribution is 0.0897. The van der Waals surface area contributed by atoms with Crippen LogP contribution in [0.1, 0.15) is 22.5 Å². The molecule has 22 heavy (non-hydrogen) atoms. The first-order valence-electron chi connectivity index (χ1n) is 7.90. The maximum atomic E-state index is 12.4. The Morgan fingerprint density at radius 2 is 2.09 bits per heavy atom. The van der Waals surface area contributed by atoms with Gasteiger partial charge in [-0.3, -0.25) is 4.79 Å². The Morgan fingerprint density at radius 3 is 2.82 bits per heavy atom. The summed E-state index contributed by atoms with van der Waals surface area (Å²) < 4.78 is 5.78. The molecule has 2 aliphatic heterocycles. The summed E-state index contributed by atoms with van der Waals surface area (Å²) in [5.41, 5.74) is 2.18. The van der Waals surface area contributed by atoms with Crippen LogP contribution in [0.25, 0.3) is 11.3 Å². The molecule has 0 radical (unpaired) electrons. The van der Waals surface area contributed by atoms with Crippen LogP contribution in [0.4, 0.5) is 0 Å². The molecular formula is C18H20N2O2. The molecule has 4 nitrogen and oxygen atoms in total. The van der Waals surface area contributed by atoms with Crippen LogP contribution >= 0.6 is 0 Å².